The number of aliphatic hydroxyl groups excluding tert-OH is 1. The fraction of sp³-hybridized carbons (Fsp3) is 0.727. The van der Waals surface area contributed by atoms with Crippen LogP contribution in [0.25, 0.3) is 0 Å². The van der Waals surface area contributed by atoms with Crippen LogP contribution in [0.1, 0.15) is 96.8 Å². The average molecular weight is 365 g/mol. The molecule has 0 bridgehead atoms. The van der Waals surface area contributed by atoms with Crippen molar-refractivity contribution in [3.8, 4) is 0 Å². The van der Waals surface area contributed by atoms with E-state index in [1.807, 2.05) is 0 Å². The molecule has 1 saturated heterocycles. The summed E-state index contributed by atoms with van der Waals surface area (Å²) in [7, 11) is 0. The number of unbranched alkanes of at least 4 members (excludes halogenated alkanes) is 11. The van der Waals surface area contributed by atoms with E-state index in [4.69, 9.17) is 0 Å². The predicted octanol–water partition coefficient (Wildman–Crippen LogP) is 5.96. The first kappa shape index (κ1) is 22.5. The number of hydrogen-bond acceptors (Lipinski definition) is 4. The van der Waals surface area contributed by atoms with Gasteiger partial charge in [0, 0.05) is 6.42 Å². The number of allylic oxidation sites excluding steroid dienone is 3. The van der Waals surface area contributed by atoms with Crippen LogP contribution in [0.5, 0.6) is 0 Å². The third kappa shape index (κ3) is 9.79. The van der Waals surface area contributed by atoms with Gasteiger partial charge >= 0.3 is 5.97 Å². The Labute approximate surface area is 158 Å². The highest BCUT2D eigenvalue weighted by Gasteiger charge is 2.31. The van der Waals surface area contributed by atoms with Crippen LogP contribution in [0.3, 0.4) is 0 Å². The minimum Gasteiger partial charge on any atom is -0.511 e. The first-order chi connectivity index (χ1) is 12.7. The molecule has 1 aliphatic heterocycles. The highest BCUT2D eigenvalue weighted by atomic mass is 16.5. The molecule has 0 amide bonds. The zero-order valence-electron chi connectivity index (χ0n) is 16.4. The van der Waals surface area contributed by atoms with Crippen molar-refractivity contribution in [3.05, 3.63) is 23.5 Å². The number of cyclic esters (lactones) is 1. The van der Waals surface area contributed by atoms with Crippen LogP contribution in [0.4, 0.5) is 0 Å². The quantitative estimate of drug-likeness (QED) is 0.0972. The van der Waals surface area contributed by atoms with Crippen molar-refractivity contribution in [1.82, 2.24) is 0 Å². The van der Waals surface area contributed by atoms with Gasteiger partial charge < -0.3 is 9.84 Å². The maximum absolute atomic E-state index is 11.4. The van der Waals surface area contributed by atoms with Crippen molar-refractivity contribution in [1.29, 1.82) is 0 Å². The van der Waals surface area contributed by atoms with Crippen LogP contribution < -0.4 is 0 Å². The van der Waals surface area contributed by atoms with Crippen molar-refractivity contribution in [3.63, 3.8) is 0 Å². The molecule has 0 spiro atoms. The number of ether oxygens (including phenoxy) is 1. The summed E-state index contributed by atoms with van der Waals surface area (Å²) < 4.78 is 4.61. The molecule has 1 aliphatic rings. The van der Waals surface area contributed by atoms with Crippen molar-refractivity contribution < 1.29 is 19.4 Å². The molecule has 26 heavy (non-hydrogen) atoms. The minimum absolute atomic E-state index is 0.102. The van der Waals surface area contributed by atoms with Crippen LogP contribution in [-0.4, -0.2) is 23.5 Å². The van der Waals surface area contributed by atoms with Gasteiger partial charge in [-0.25, -0.2) is 4.79 Å². The van der Waals surface area contributed by atoms with Crippen molar-refractivity contribution in [2.24, 2.45) is 0 Å². The van der Waals surface area contributed by atoms with Gasteiger partial charge in [0.15, 0.2) is 6.61 Å². The average Bonchev–Trinajstić information content (AvgIpc) is 2.96. The largest absolute Gasteiger partial charge is 0.511 e. The molecule has 0 aliphatic carbocycles. The van der Waals surface area contributed by atoms with E-state index < -0.39 is 11.8 Å². The Bertz CT molecular complexity index is 459. The Morgan fingerprint density at radius 3 is 1.96 bits per heavy atom. The highest BCUT2D eigenvalue weighted by molar-refractivity contribution is 6.22. The monoisotopic (exact) mass is 364 g/mol. The Hall–Kier alpha value is -1.58. The maximum atomic E-state index is 11.4. The fourth-order valence-corrected chi connectivity index (χ4v) is 3.16. The van der Waals surface area contributed by atoms with Crippen LogP contribution in [-0.2, 0) is 14.3 Å². The van der Waals surface area contributed by atoms with E-state index in [1.165, 1.54) is 57.8 Å². The zero-order valence-corrected chi connectivity index (χ0v) is 16.4. The molecule has 0 aromatic carbocycles. The summed E-state index contributed by atoms with van der Waals surface area (Å²) in [4.78, 5) is 22.7. The summed E-state index contributed by atoms with van der Waals surface area (Å²) in [6.45, 7) is 2.02. The number of esters is 1. The number of aliphatic hydroxyl groups is 1. The SMILES string of the molecule is CCCCCCCCC=CCCCCCCCC(O)=C1C(=O)COC1=O. The van der Waals surface area contributed by atoms with E-state index in [1.54, 1.807) is 0 Å². The third-order valence-corrected chi connectivity index (χ3v) is 4.78. The number of Topliss-reactive ketones (excluding diaryl/α,β-unsaturated/α-hetero) is 1. The van der Waals surface area contributed by atoms with Gasteiger partial charge in [-0.3, -0.25) is 4.79 Å². The lowest BCUT2D eigenvalue weighted by Gasteiger charge is -2.02. The molecule has 0 aromatic heterocycles. The molecule has 0 atom stereocenters. The standard InChI is InChI=1S/C22H36O4/c1-2-3-4-5-6-7-8-9-10-11-12-13-14-15-16-17-19(23)21-20(24)18-26-22(21)25/h9-10,23H,2-8,11-18H2,1H3. The minimum atomic E-state index is -0.680. The maximum Gasteiger partial charge on any atom is 0.345 e. The number of hydrogen-bond donors (Lipinski definition) is 1. The van der Waals surface area contributed by atoms with Crippen molar-refractivity contribution in [2.45, 2.75) is 96.8 Å². The van der Waals surface area contributed by atoms with Gasteiger partial charge in [0.1, 0.15) is 11.3 Å². The van der Waals surface area contributed by atoms with Gasteiger partial charge in [-0.05, 0) is 32.1 Å². The zero-order chi connectivity index (χ0) is 19.0. The molecule has 4 nitrogen and oxygen atoms in total. The van der Waals surface area contributed by atoms with E-state index in [0.29, 0.717) is 6.42 Å². The number of rotatable bonds is 15. The van der Waals surface area contributed by atoms with E-state index >= 15 is 0 Å². The molecular weight excluding hydrogens is 328 g/mol. The Balaban J connectivity index is 1.92. The molecule has 0 aromatic rings. The molecule has 1 N–H and O–H groups in total. The highest BCUT2D eigenvalue weighted by Crippen LogP contribution is 2.18. The van der Waals surface area contributed by atoms with Gasteiger partial charge in [-0.15, -0.1) is 0 Å². The van der Waals surface area contributed by atoms with Crippen LogP contribution >= 0.6 is 0 Å². The summed E-state index contributed by atoms with van der Waals surface area (Å²) in [5.74, 6) is -1.18. The van der Waals surface area contributed by atoms with E-state index in [2.05, 4.69) is 23.8 Å². The second-order valence-corrected chi connectivity index (χ2v) is 7.16. The van der Waals surface area contributed by atoms with Gasteiger partial charge in [-0.2, -0.15) is 0 Å². The topological polar surface area (TPSA) is 63.6 Å². The molecule has 1 heterocycles. The number of carbonyl (C=O) groups excluding carboxylic acids is 2. The number of carbonyl (C=O) groups is 2. The van der Waals surface area contributed by atoms with Crippen molar-refractivity contribution >= 4 is 11.8 Å². The fourth-order valence-electron chi connectivity index (χ4n) is 3.16. The molecule has 0 radical (unpaired) electrons. The smallest absolute Gasteiger partial charge is 0.345 e. The van der Waals surface area contributed by atoms with Gasteiger partial charge in [0.2, 0.25) is 5.78 Å². The van der Waals surface area contributed by atoms with E-state index in [-0.39, 0.29) is 17.9 Å². The van der Waals surface area contributed by atoms with Gasteiger partial charge in [0.25, 0.3) is 0 Å². The van der Waals surface area contributed by atoms with Crippen LogP contribution in [0, 0.1) is 0 Å². The van der Waals surface area contributed by atoms with Gasteiger partial charge in [0.05, 0.1) is 0 Å². The Morgan fingerprint density at radius 1 is 0.885 bits per heavy atom. The summed E-state index contributed by atoms with van der Waals surface area (Å²) in [6.07, 6.45) is 20.8. The molecule has 4 heteroatoms. The molecule has 148 valence electrons. The summed E-state index contributed by atoms with van der Waals surface area (Å²) >= 11 is 0. The first-order valence-electron chi connectivity index (χ1n) is 10.4. The lowest BCUT2D eigenvalue weighted by molar-refractivity contribution is -0.135. The summed E-state index contributed by atoms with van der Waals surface area (Å²) in [5.41, 5.74) is -0.138. The van der Waals surface area contributed by atoms with Gasteiger partial charge in [-0.1, -0.05) is 70.4 Å². The first-order valence-corrected chi connectivity index (χ1v) is 10.4. The second kappa shape index (κ2) is 14.6. The van der Waals surface area contributed by atoms with E-state index in [9.17, 15) is 14.7 Å². The normalized spacial score (nSPS) is 16.5. The lowest BCUT2D eigenvalue weighted by Crippen LogP contribution is -2.05. The molecule has 0 saturated carbocycles. The molecule has 1 rings (SSSR count). The Morgan fingerprint density at radius 2 is 1.42 bits per heavy atom. The third-order valence-electron chi connectivity index (χ3n) is 4.78. The molecule has 0 unspecified atom stereocenters. The molecule has 1 fully saturated rings. The molecular formula is C22H36O4. The van der Waals surface area contributed by atoms with Crippen LogP contribution in [0.2, 0.25) is 0 Å². The lowest BCUT2D eigenvalue weighted by atomic mass is 10.1. The Kier molecular flexibility index (Phi) is 12.6. The summed E-state index contributed by atoms with van der Waals surface area (Å²) in [5, 5.41) is 9.84. The van der Waals surface area contributed by atoms with Crippen LogP contribution in [0.15, 0.2) is 23.5 Å². The van der Waals surface area contributed by atoms with Crippen molar-refractivity contribution in [2.75, 3.05) is 6.61 Å². The second-order valence-electron chi connectivity index (χ2n) is 7.16. The van der Waals surface area contributed by atoms with E-state index in [0.717, 1.165) is 25.7 Å². The summed E-state index contributed by atoms with van der Waals surface area (Å²) in [6, 6.07) is 0. The predicted molar refractivity (Wildman–Crippen MR) is 105 cm³/mol. The number of ketones is 1.